The number of carbonyl (C=O) groups excluding carboxylic acids is 3. The summed E-state index contributed by atoms with van der Waals surface area (Å²) in [7, 11) is 2.75. The van der Waals surface area contributed by atoms with Gasteiger partial charge >= 0.3 is 0 Å². The largest absolute Gasteiger partial charge is 0.496 e. The first-order chi connectivity index (χ1) is 11.2. The van der Waals surface area contributed by atoms with Gasteiger partial charge in [0.05, 0.1) is 18.8 Å². The summed E-state index contributed by atoms with van der Waals surface area (Å²) in [6.45, 7) is 1.78. The number of Topliss-reactive ketones (excluding diaryl/α,β-unsaturated/α-hetero) is 3. The van der Waals surface area contributed by atoms with Crippen LogP contribution in [0, 0.1) is 6.92 Å². The molecule has 24 heavy (non-hydrogen) atoms. The maximum absolute atomic E-state index is 13.2. The lowest BCUT2D eigenvalue weighted by Crippen LogP contribution is -2.69. The number of benzene rings is 1. The Morgan fingerprint density at radius 3 is 2.38 bits per heavy atom. The predicted octanol–water partition coefficient (Wildman–Crippen LogP) is 2.72. The Morgan fingerprint density at radius 1 is 1.12 bits per heavy atom. The van der Waals surface area contributed by atoms with Crippen molar-refractivity contribution in [1.82, 2.24) is 0 Å². The van der Waals surface area contributed by atoms with E-state index in [9.17, 15) is 14.4 Å². The number of hydrogen-bond donors (Lipinski definition) is 0. The molecule has 0 aromatic heterocycles. The van der Waals surface area contributed by atoms with Gasteiger partial charge in [-0.15, -0.1) is 23.2 Å². The molecule has 3 atom stereocenters. The molecule has 2 aliphatic rings. The topological polar surface area (TPSA) is 69.7 Å². The zero-order valence-electron chi connectivity index (χ0n) is 13.4. The van der Waals surface area contributed by atoms with Gasteiger partial charge in [0.25, 0.3) is 0 Å². The number of halogens is 2. The molecule has 0 spiro atoms. The Morgan fingerprint density at radius 2 is 1.79 bits per heavy atom. The van der Waals surface area contributed by atoms with Crippen molar-refractivity contribution >= 4 is 40.6 Å². The van der Waals surface area contributed by atoms with Crippen LogP contribution in [0.3, 0.4) is 0 Å². The van der Waals surface area contributed by atoms with Crippen LogP contribution in [-0.4, -0.2) is 47.4 Å². The van der Waals surface area contributed by atoms with E-state index in [0.29, 0.717) is 0 Å². The number of ether oxygens (including phenoxy) is 2. The molecular formula is C17H16Cl2O5. The average molecular weight is 371 g/mol. The van der Waals surface area contributed by atoms with Crippen molar-refractivity contribution in [2.45, 2.75) is 35.6 Å². The molecule has 0 amide bonds. The zero-order valence-corrected chi connectivity index (χ0v) is 15.0. The molecule has 1 fully saturated rings. The second-order valence-corrected chi connectivity index (χ2v) is 7.45. The first-order valence-corrected chi connectivity index (χ1v) is 8.16. The molecule has 0 bridgehead atoms. The fourth-order valence-corrected chi connectivity index (χ4v) is 4.49. The van der Waals surface area contributed by atoms with Gasteiger partial charge in [0.15, 0.2) is 16.4 Å². The minimum absolute atomic E-state index is 0.0637. The Labute approximate surface area is 149 Å². The van der Waals surface area contributed by atoms with Crippen LogP contribution in [0.1, 0.15) is 39.1 Å². The van der Waals surface area contributed by atoms with E-state index < -0.39 is 27.4 Å². The van der Waals surface area contributed by atoms with Crippen LogP contribution in [0.5, 0.6) is 5.75 Å². The fraction of sp³-hybridized carbons (Fsp3) is 0.471. The van der Waals surface area contributed by atoms with Crippen LogP contribution < -0.4 is 4.74 Å². The molecule has 7 heteroatoms. The van der Waals surface area contributed by atoms with E-state index in [4.69, 9.17) is 32.7 Å². The van der Waals surface area contributed by atoms with Gasteiger partial charge in [0.1, 0.15) is 16.4 Å². The first kappa shape index (κ1) is 17.4. The highest BCUT2D eigenvalue weighted by molar-refractivity contribution is 6.56. The van der Waals surface area contributed by atoms with Gasteiger partial charge in [0.2, 0.25) is 0 Å². The number of alkyl halides is 2. The molecule has 2 aliphatic carbocycles. The van der Waals surface area contributed by atoms with Crippen LogP contribution in [0.2, 0.25) is 0 Å². The molecule has 0 radical (unpaired) electrons. The number of rotatable bonds is 2. The molecule has 0 heterocycles. The van der Waals surface area contributed by atoms with E-state index in [1.165, 1.54) is 14.2 Å². The quantitative estimate of drug-likeness (QED) is 0.748. The van der Waals surface area contributed by atoms with Gasteiger partial charge < -0.3 is 9.47 Å². The van der Waals surface area contributed by atoms with Crippen LogP contribution in [0.4, 0.5) is 0 Å². The minimum atomic E-state index is -1.89. The summed E-state index contributed by atoms with van der Waals surface area (Å²) < 4.78 is 10.5. The molecule has 1 aromatic rings. The predicted molar refractivity (Wildman–Crippen MR) is 88.6 cm³/mol. The minimum Gasteiger partial charge on any atom is -0.496 e. The third-order valence-corrected chi connectivity index (χ3v) is 6.22. The van der Waals surface area contributed by atoms with Gasteiger partial charge in [-0.1, -0.05) is 0 Å². The number of methoxy groups -OCH3 is 2. The maximum Gasteiger partial charge on any atom is 0.191 e. The average Bonchev–Trinajstić information content (AvgIpc) is 2.54. The molecule has 5 nitrogen and oxygen atoms in total. The van der Waals surface area contributed by atoms with E-state index in [1.54, 1.807) is 19.1 Å². The number of ketones is 3. The third kappa shape index (κ3) is 2.01. The summed E-state index contributed by atoms with van der Waals surface area (Å²) in [5.41, 5.74) is 0.971. The van der Waals surface area contributed by atoms with Crippen molar-refractivity contribution in [2.24, 2.45) is 0 Å². The number of aryl methyl sites for hydroxylation is 1. The number of fused-ring (bicyclic) bond motifs is 2. The Kier molecular flexibility index (Phi) is 4.02. The number of carbonyl (C=O) groups is 3. The van der Waals surface area contributed by atoms with E-state index in [1.807, 2.05) is 0 Å². The van der Waals surface area contributed by atoms with E-state index in [-0.39, 0.29) is 35.5 Å². The van der Waals surface area contributed by atoms with Crippen LogP contribution >= 0.6 is 23.2 Å². The van der Waals surface area contributed by atoms with E-state index in [0.717, 1.165) is 5.56 Å². The van der Waals surface area contributed by atoms with Gasteiger partial charge in [-0.3, -0.25) is 14.4 Å². The smallest absolute Gasteiger partial charge is 0.191 e. The molecule has 128 valence electrons. The molecule has 0 N–H and O–H groups in total. The third-order valence-electron chi connectivity index (χ3n) is 4.79. The van der Waals surface area contributed by atoms with Gasteiger partial charge in [-0.2, -0.15) is 0 Å². The maximum atomic E-state index is 13.2. The van der Waals surface area contributed by atoms with Gasteiger partial charge in [-0.05, 0) is 24.6 Å². The summed E-state index contributed by atoms with van der Waals surface area (Å²) in [4.78, 5) is 34.7. The summed E-state index contributed by atoms with van der Waals surface area (Å²) in [5.74, 6) is -1.13. The molecule has 0 saturated heterocycles. The van der Waals surface area contributed by atoms with Crippen LogP contribution in [0.15, 0.2) is 12.1 Å². The summed E-state index contributed by atoms with van der Waals surface area (Å²) in [6.07, 6.45) is -1.36. The standard InChI is InChI=1S/C17H16Cl2O5/c1-8-4-10-13(11(5-8)23-2)15(22)16(18)7-9(20)6-12(24-3)17(16,19)14(10)21/h4-5,12H,6-7H2,1-3H3/t12-,16+,17-/m0/s1. The van der Waals surface area contributed by atoms with Crippen molar-refractivity contribution < 1.29 is 23.9 Å². The Balaban J connectivity index is 2.34. The molecule has 1 saturated carbocycles. The lowest BCUT2D eigenvalue weighted by atomic mass is 9.64. The number of hydrogen-bond acceptors (Lipinski definition) is 5. The zero-order chi connectivity index (χ0) is 17.9. The Bertz CT molecular complexity index is 774. The van der Waals surface area contributed by atoms with Crippen LogP contribution in [0.25, 0.3) is 0 Å². The molecule has 3 rings (SSSR count). The molecule has 0 aliphatic heterocycles. The SMILES string of the molecule is COc1cc(C)cc2c1C(=O)[C@]1(Cl)CC(=O)C[C@H](OC)[C@]1(Cl)C2=O. The highest BCUT2D eigenvalue weighted by Gasteiger charge is 2.70. The second kappa shape index (κ2) is 5.55. The lowest BCUT2D eigenvalue weighted by molar-refractivity contribution is -0.125. The molecular weight excluding hydrogens is 355 g/mol. The summed E-state index contributed by atoms with van der Waals surface area (Å²) in [5, 5.41) is 0. The van der Waals surface area contributed by atoms with Crippen molar-refractivity contribution in [3.05, 3.63) is 28.8 Å². The first-order valence-electron chi connectivity index (χ1n) is 7.41. The summed E-state index contributed by atoms with van der Waals surface area (Å²) >= 11 is 13.2. The van der Waals surface area contributed by atoms with Crippen molar-refractivity contribution in [3.63, 3.8) is 0 Å². The Hall–Kier alpha value is -1.43. The normalized spacial score (nSPS) is 32.4. The van der Waals surface area contributed by atoms with Gasteiger partial charge in [0, 0.05) is 25.5 Å². The molecule has 0 unspecified atom stereocenters. The van der Waals surface area contributed by atoms with Crippen molar-refractivity contribution in [2.75, 3.05) is 14.2 Å². The second-order valence-electron chi connectivity index (χ2n) is 6.20. The monoisotopic (exact) mass is 370 g/mol. The van der Waals surface area contributed by atoms with Crippen molar-refractivity contribution in [3.8, 4) is 5.75 Å². The lowest BCUT2D eigenvalue weighted by Gasteiger charge is -2.49. The highest BCUT2D eigenvalue weighted by Crippen LogP contribution is 2.54. The highest BCUT2D eigenvalue weighted by atomic mass is 35.5. The van der Waals surface area contributed by atoms with E-state index in [2.05, 4.69) is 0 Å². The summed E-state index contributed by atoms with van der Waals surface area (Å²) in [6, 6.07) is 3.23. The van der Waals surface area contributed by atoms with Gasteiger partial charge in [-0.25, -0.2) is 0 Å². The van der Waals surface area contributed by atoms with Crippen molar-refractivity contribution in [1.29, 1.82) is 0 Å². The van der Waals surface area contributed by atoms with Crippen LogP contribution in [-0.2, 0) is 9.53 Å². The van der Waals surface area contributed by atoms with E-state index >= 15 is 0 Å². The fourth-order valence-electron chi connectivity index (χ4n) is 3.61. The molecule has 1 aromatic carbocycles.